The Bertz CT molecular complexity index is 373. The van der Waals surface area contributed by atoms with Crippen molar-refractivity contribution in [3.8, 4) is 0 Å². The first-order chi connectivity index (χ1) is 6.34. The fraction of sp³-hybridized carbons (Fsp3) is 0. The van der Waals surface area contributed by atoms with Gasteiger partial charge in [-0.25, -0.2) is 15.0 Å². The Morgan fingerprint density at radius 3 is 2.62 bits per heavy atom. The van der Waals surface area contributed by atoms with Crippen molar-refractivity contribution in [3.05, 3.63) is 29.0 Å². The maximum atomic E-state index is 5.65. The van der Waals surface area contributed by atoms with Crippen molar-refractivity contribution in [2.45, 2.75) is 9.50 Å². The van der Waals surface area contributed by atoms with E-state index < -0.39 is 0 Å². The van der Waals surface area contributed by atoms with Gasteiger partial charge in [-0.3, -0.25) is 0 Å². The predicted octanol–water partition coefficient (Wildman–Crippen LogP) is 2.74. The number of hydrogen-bond acceptors (Lipinski definition) is 5. The summed E-state index contributed by atoms with van der Waals surface area (Å²) >= 11 is 8.64. The first kappa shape index (κ1) is 8.93. The monoisotopic (exact) mass is 229 g/mol. The molecule has 0 aliphatic rings. The normalized spacial score (nSPS) is 10.2. The van der Waals surface area contributed by atoms with Crippen molar-refractivity contribution in [1.82, 2.24) is 15.0 Å². The van der Waals surface area contributed by atoms with E-state index in [1.807, 2.05) is 5.38 Å². The number of nitrogens with zero attached hydrogens (tertiary/aromatic N) is 3. The second kappa shape index (κ2) is 4.04. The van der Waals surface area contributed by atoms with Gasteiger partial charge in [-0.05, 0) is 11.8 Å². The highest BCUT2D eigenvalue weighted by molar-refractivity contribution is 8.00. The molecule has 0 aromatic carbocycles. The van der Waals surface area contributed by atoms with Crippen LogP contribution in [-0.4, -0.2) is 15.0 Å². The Morgan fingerprint density at radius 1 is 1.23 bits per heavy atom. The highest BCUT2D eigenvalue weighted by Crippen LogP contribution is 2.25. The van der Waals surface area contributed by atoms with Gasteiger partial charge in [0.05, 0.1) is 17.4 Å². The van der Waals surface area contributed by atoms with Gasteiger partial charge in [0.15, 0.2) is 9.50 Å². The van der Waals surface area contributed by atoms with Gasteiger partial charge in [-0.1, -0.05) is 11.6 Å². The van der Waals surface area contributed by atoms with E-state index in [-0.39, 0.29) is 0 Å². The smallest absolute Gasteiger partial charge is 0.194 e. The number of rotatable bonds is 2. The third-order valence-corrected chi connectivity index (χ3v) is 3.16. The van der Waals surface area contributed by atoms with E-state index in [4.69, 9.17) is 11.6 Å². The molecule has 13 heavy (non-hydrogen) atoms. The molecule has 3 nitrogen and oxygen atoms in total. The maximum absolute atomic E-state index is 5.65. The molecule has 0 radical (unpaired) electrons. The molecule has 6 heteroatoms. The predicted molar refractivity (Wildman–Crippen MR) is 53.3 cm³/mol. The fourth-order valence-corrected chi connectivity index (χ4v) is 2.21. The van der Waals surface area contributed by atoms with Crippen molar-refractivity contribution in [2.75, 3.05) is 0 Å². The van der Waals surface area contributed by atoms with Gasteiger partial charge < -0.3 is 0 Å². The van der Waals surface area contributed by atoms with Crippen LogP contribution in [0.2, 0.25) is 5.02 Å². The third kappa shape index (κ3) is 2.40. The van der Waals surface area contributed by atoms with Gasteiger partial charge in [-0.2, -0.15) is 0 Å². The first-order valence-corrected chi connectivity index (χ1v) is 5.47. The summed E-state index contributed by atoms with van der Waals surface area (Å²) in [7, 11) is 0. The second-order valence-electron chi connectivity index (χ2n) is 2.08. The Labute approximate surface area is 88.2 Å². The van der Waals surface area contributed by atoms with Crippen LogP contribution in [0.3, 0.4) is 0 Å². The van der Waals surface area contributed by atoms with Crippen molar-refractivity contribution >= 4 is 34.7 Å². The van der Waals surface area contributed by atoms with Crippen molar-refractivity contribution in [2.24, 2.45) is 0 Å². The molecule has 0 saturated heterocycles. The average Bonchev–Trinajstić information content (AvgIpc) is 2.62. The van der Waals surface area contributed by atoms with Gasteiger partial charge in [-0.15, -0.1) is 11.3 Å². The molecular formula is C7H4ClN3S2. The van der Waals surface area contributed by atoms with Crippen LogP contribution in [0, 0.1) is 0 Å². The lowest BCUT2D eigenvalue weighted by Gasteiger charge is -1.94. The molecule has 0 aliphatic carbocycles. The molecule has 0 fully saturated rings. The minimum absolute atomic E-state index is 0.545. The summed E-state index contributed by atoms with van der Waals surface area (Å²) in [5.41, 5.74) is 0. The van der Waals surface area contributed by atoms with Gasteiger partial charge in [0.25, 0.3) is 0 Å². The summed E-state index contributed by atoms with van der Waals surface area (Å²) in [6.45, 7) is 0. The standard InChI is InChI=1S/C7H4ClN3S2/c8-5-3-10-6(11-4-5)13-7-9-1-2-12-7/h1-4H. The van der Waals surface area contributed by atoms with Crippen LogP contribution in [0.5, 0.6) is 0 Å². The highest BCUT2D eigenvalue weighted by atomic mass is 35.5. The minimum atomic E-state index is 0.545. The molecule has 2 rings (SSSR count). The number of aromatic nitrogens is 3. The van der Waals surface area contributed by atoms with E-state index in [0.29, 0.717) is 10.2 Å². The zero-order valence-electron chi connectivity index (χ0n) is 6.35. The summed E-state index contributed by atoms with van der Waals surface area (Å²) in [6, 6.07) is 0. The molecule has 2 aromatic rings. The van der Waals surface area contributed by atoms with Crippen LogP contribution < -0.4 is 0 Å². The summed E-state index contributed by atoms with van der Waals surface area (Å²) in [5.74, 6) is 0. The minimum Gasteiger partial charge on any atom is -0.238 e. The van der Waals surface area contributed by atoms with Crippen LogP contribution >= 0.6 is 34.7 Å². The van der Waals surface area contributed by atoms with E-state index in [2.05, 4.69) is 15.0 Å². The summed E-state index contributed by atoms with van der Waals surface area (Å²) in [5, 5.41) is 3.13. The number of halogens is 1. The number of thiazole rings is 1. The maximum Gasteiger partial charge on any atom is 0.194 e. The third-order valence-electron chi connectivity index (χ3n) is 1.18. The first-order valence-electron chi connectivity index (χ1n) is 3.39. The van der Waals surface area contributed by atoms with Gasteiger partial charge in [0.2, 0.25) is 0 Å². The lowest BCUT2D eigenvalue weighted by molar-refractivity contribution is 0.965. The molecular weight excluding hydrogens is 226 g/mol. The fourth-order valence-electron chi connectivity index (χ4n) is 0.692. The second-order valence-corrected chi connectivity index (χ2v) is 4.63. The van der Waals surface area contributed by atoms with Crippen LogP contribution in [-0.2, 0) is 0 Å². The van der Waals surface area contributed by atoms with Crippen LogP contribution in [0.25, 0.3) is 0 Å². The topological polar surface area (TPSA) is 38.7 Å². The lowest BCUT2D eigenvalue weighted by atomic mass is 10.7. The van der Waals surface area contributed by atoms with Crippen LogP contribution in [0.4, 0.5) is 0 Å². The molecule has 0 unspecified atom stereocenters. The average molecular weight is 230 g/mol. The quantitative estimate of drug-likeness (QED) is 0.743. The zero-order chi connectivity index (χ0) is 9.10. The van der Waals surface area contributed by atoms with Crippen LogP contribution in [0.15, 0.2) is 33.5 Å². The van der Waals surface area contributed by atoms with Gasteiger partial charge in [0, 0.05) is 11.6 Å². The molecule has 66 valence electrons. The molecule has 0 spiro atoms. The molecule has 0 N–H and O–H groups in total. The van der Waals surface area contributed by atoms with Crippen molar-refractivity contribution in [3.63, 3.8) is 0 Å². The van der Waals surface area contributed by atoms with Crippen molar-refractivity contribution in [1.29, 1.82) is 0 Å². The van der Waals surface area contributed by atoms with Gasteiger partial charge in [0.1, 0.15) is 0 Å². The van der Waals surface area contributed by atoms with Crippen LogP contribution in [0.1, 0.15) is 0 Å². The summed E-state index contributed by atoms with van der Waals surface area (Å²) < 4.78 is 0.933. The zero-order valence-corrected chi connectivity index (χ0v) is 8.73. The molecule has 0 saturated carbocycles. The van der Waals surface area contributed by atoms with E-state index in [1.165, 1.54) is 11.8 Å². The molecule has 2 heterocycles. The van der Waals surface area contributed by atoms with E-state index in [1.54, 1.807) is 29.9 Å². The van der Waals surface area contributed by atoms with E-state index in [0.717, 1.165) is 4.34 Å². The molecule has 0 atom stereocenters. The molecule has 0 bridgehead atoms. The lowest BCUT2D eigenvalue weighted by Crippen LogP contribution is -1.83. The Balaban J connectivity index is 2.15. The molecule has 0 aliphatic heterocycles. The Morgan fingerprint density at radius 2 is 2.00 bits per heavy atom. The van der Waals surface area contributed by atoms with Crippen molar-refractivity contribution < 1.29 is 0 Å². The van der Waals surface area contributed by atoms with E-state index >= 15 is 0 Å². The summed E-state index contributed by atoms with van der Waals surface area (Å²) in [4.78, 5) is 12.2. The molecule has 2 aromatic heterocycles. The Kier molecular flexibility index (Phi) is 2.77. The summed E-state index contributed by atoms with van der Waals surface area (Å²) in [6.07, 6.45) is 4.90. The highest BCUT2D eigenvalue weighted by Gasteiger charge is 2.01. The SMILES string of the molecule is Clc1cnc(Sc2nccs2)nc1. The molecule has 0 amide bonds. The Hall–Kier alpha value is -0.650. The van der Waals surface area contributed by atoms with E-state index in [9.17, 15) is 0 Å². The number of hydrogen-bond donors (Lipinski definition) is 0. The van der Waals surface area contributed by atoms with Gasteiger partial charge >= 0.3 is 0 Å². The largest absolute Gasteiger partial charge is 0.238 e.